The van der Waals surface area contributed by atoms with Gasteiger partial charge in [-0.05, 0) is 23.5 Å². The summed E-state index contributed by atoms with van der Waals surface area (Å²) >= 11 is 0. The van der Waals surface area contributed by atoms with Crippen molar-refractivity contribution in [1.29, 1.82) is 0 Å². The summed E-state index contributed by atoms with van der Waals surface area (Å²) in [6.45, 7) is 9.22. The van der Waals surface area contributed by atoms with Crippen molar-refractivity contribution in [3.8, 4) is 0 Å². The smallest absolute Gasteiger partial charge is 0.269 e. The zero-order valence-electron chi connectivity index (χ0n) is 10.9. The minimum atomic E-state index is -0.173. The van der Waals surface area contributed by atoms with Crippen LogP contribution in [0, 0.1) is 11.3 Å². The lowest BCUT2D eigenvalue weighted by Gasteiger charge is -2.27. The van der Waals surface area contributed by atoms with E-state index in [4.69, 9.17) is 5.73 Å². The van der Waals surface area contributed by atoms with Crippen LogP contribution in [-0.4, -0.2) is 17.4 Å². The molecule has 0 aliphatic carbocycles. The van der Waals surface area contributed by atoms with Gasteiger partial charge in [0.05, 0.1) is 0 Å². The largest absolute Gasteiger partial charge is 0.399 e. The van der Waals surface area contributed by atoms with Crippen LogP contribution in [0.5, 0.6) is 0 Å². The fraction of sp³-hybridized carbons (Fsp3) is 0.538. The normalized spacial score (nSPS) is 13.2. The molecule has 94 valence electrons. The van der Waals surface area contributed by atoms with Crippen LogP contribution in [0.25, 0.3) is 0 Å². The van der Waals surface area contributed by atoms with Gasteiger partial charge in [-0.15, -0.1) is 0 Å². The van der Waals surface area contributed by atoms with Gasteiger partial charge in [0.1, 0.15) is 5.69 Å². The molecule has 1 amide bonds. The summed E-state index contributed by atoms with van der Waals surface area (Å²) in [5.41, 5.74) is 6.70. The van der Waals surface area contributed by atoms with Crippen LogP contribution in [0.15, 0.2) is 18.3 Å². The molecule has 17 heavy (non-hydrogen) atoms. The van der Waals surface area contributed by atoms with Gasteiger partial charge in [0.25, 0.3) is 5.91 Å². The highest BCUT2D eigenvalue weighted by Gasteiger charge is 2.20. The zero-order valence-corrected chi connectivity index (χ0v) is 10.9. The van der Waals surface area contributed by atoms with Gasteiger partial charge < -0.3 is 11.1 Å². The number of nitrogens with zero attached hydrogens (tertiary/aromatic N) is 1. The molecule has 1 aromatic rings. The van der Waals surface area contributed by atoms with Crippen molar-refractivity contribution in [2.24, 2.45) is 11.3 Å². The van der Waals surface area contributed by atoms with Crippen molar-refractivity contribution in [1.82, 2.24) is 10.3 Å². The number of nitrogens with two attached hydrogens (primary N) is 1. The molecule has 4 heteroatoms. The van der Waals surface area contributed by atoms with E-state index in [0.29, 0.717) is 23.8 Å². The third-order valence-electron chi connectivity index (χ3n) is 3.06. The number of carbonyl (C=O) groups excluding carboxylic acids is 1. The first-order valence-corrected chi connectivity index (χ1v) is 5.80. The van der Waals surface area contributed by atoms with Gasteiger partial charge in [-0.1, -0.05) is 27.7 Å². The van der Waals surface area contributed by atoms with Crippen LogP contribution in [0.1, 0.15) is 38.2 Å². The highest BCUT2D eigenvalue weighted by atomic mass is 16.1. The maximum absolute atomic E-state index is 11.8. The first-order valence-electron chi connectivity index (χ1n) is 5.80. The molecule has 0 aliphatic rings. The lowest BCUT2D eigenvalue weighted by atomic mass is 9.82. The Labute approximate surface area is 103 Å². The zero-order chi connectivity index (χ0) is 13.1. The first kappa shape index (κ1) is 13.5. The van der Waals surface area contributed by atoms with E-state index < -0.39 is 0 Å². The van der Waals surface area contributed by atoms with E-state index in [1.165, 1.54) is 6.20 Å². The average Bonchev–Trinajstić information content (AvgIpc) is 2.24. The molecule has 0 saturated carbocycles. The number of rotatable bonds is 3. The van der Waals surface area contributed by atoms with Gasteiger partial charge >= 0.3 is 0 Å². The molecule has 0 bridgehead atoms. The van der Waals surface area contributed by atoms with Crippen LogP contribution >= 0.6 is 0 Å². The highest BCUT2D eigenvalue weighted by Crippen LogP contribution is 2.24. The van der Waals surface area contributed by atoms with Gasteiger partial charge in [-0.2, -0.15) is 0 Å². The lowest BCUT2D eigenvalue weighted by Crippen LogP contribution is -2.34. The predicted molar refractivity (Wildman–Crippen MR) is 69.6 cm³/mol. The Balaban J connectivity index is 2.57. The van der Waals surface area contributed by atoms with Crippen LogP contribution in [0.4, 0.5) is 5.69 Å². The molecular formula is C13H21N3O. The number of aromatic nitrogens is 1. The van der Waals surface area contributed by atoms with Crippen molar-refractivity contribution in [3.05, 3.63) is 24.0 Å². The summed E-state index contributed by atoms with van der Waals surface area (Å²) in [5.74, 6) is 0.223. The van der Waals surface area contributed by atoms with E-state index in [2.05, 4.69) is 38.0 Å². The predicted octanol–water partition coefficient (Wildman–Crippen LogP) is 2.08. The molecule has 0 saturated heterocycles. The Bertz CT molecular complexity index is 396. The second-order valence-corrected chi connectivity index (χ2v) is 5.45. The molecule has 0 aromatic carbocycles. The van der Waals surface area contributed by atoms with Crippen molar-refractivity contribution >= 4 is 11.6 Å². The number of hydrogen-bond acceptors (Lipinski definition) is 3. The maximum Gasteiger partial charge on any atom is 0.269 e. The Kier molecular flexibility index (Phi) is 4.10. The van der Waals surface area contributed by atoms with Crippen molar-refractivity contribution in [2.45, 2.75) is 27.7 Å². The lowest BCUT2D eigenvalue weighted by molar-refractivity contribution is 0.0932. The number of carbonyl (C=O) groups is 1. The maximum atomic E-state index is 11.8. The molecule has 0 spiro atoms. The molecule has 0 fully saturated rings. The third-order valence-corrected chi connectivity index (χ3v) is 3.06. The molecule has 1 rings (SSSR count). The summed E-state index contributed by atoms with van der Waals surface area (Å²) in [4.78, 5) is 15.8. The Morgan fingerprint density at radius 3 is 2.71 bits per heavy atom. The molecule has 4 nitrogen and oxygen atoms in total. The average molecular weight is 235 g/mol. The van der Waals surface area contributed by atoms with Crippen molar-refractivity contribution in [3.63, 3.8) is 0 Å². The van der Waals surface area contributed by atoms with E-state index in [1.807, 2.05) is 0 Å². The monoisotopic (exact) mass is 235 g/mol. The molecule has 0 aliphatic heterocycles. The summed E-state index contributed by atoms with van der Waals surface area (Å²) in [5, 5.41) is 2.88. The van der Waals surface area contributed by atoms with Crippen LogP contribution in [-0.2, 0) is 0 Å². The van der Waals surface area contributed by atoms with Gasteiger partial charge in [0.15, 0.2) is 0 Å². The van der Waals surface area contributed by atoms with Gasteiger partial charge in [-0.3, -0.25) is 9.78 Å². The summed E-state index contributed by atoms with van der Waals surface area (Å²) < 4.78 is 0. The molecular weight excluding hydrogens is 214 g/mol. The SMILES string of the molecule is CC(CNC(=O)c1cc(N)ccn1)C(C)(C)C. The molecule has 0 radical (unpaired) electrons. The van der Waals surface area contributed by atoms with Gasteiger partial charge in [-0.25, -0.2) is 0 Å². The standard InChI is InChI=1S/C13H21N3O/c1-9(13(2,3)4)8-16-12(17)11-7-10(14)5-6-15-11/h5-7,9H,8H2,1-4H3,(H2,14,15)(H,16,17). The van der Waals surface area contributed by atoms with E-state index >= 15 is 0 Å². The topological polar surface area (TPSA) is 68.0 Å². The highest BCUT2D eigenvalue weighted by molar-refractivity contribution is 5.92. The molecule has 1 atom stereocenters. The van der Waals surface area contributed by atoms with Gasteiger partial charge in [0, 0.05) is 18.4 Å². The minimum absolute atomic E-state index is 0.173. The van der Waals surface area contributed by atoms with E-state index in [9.17, 15) is 4.79 Å². The van der Waals surface area contributed by atoms with Crippen LogP contribution in [0.2, 0.25) is 0 Å². The van der Waals surface area contributed by atoms with Crippen molar-refractivity contribution < 1.29 is 4.79 Å². The number of amides is 1. The minimum Gasteiger partial charge on any atom is -0.399 e. The summed E-state index contributed by atoms with van der Waals surface area (Å²) in [6, 6.07) is 3.24. The summed E-state index contributed by atoms with van der Waals surface area (Å²) in [7, 11) is 0. The first-order chi connectivity index (χ1) is 7.80. The number of hydrogen-bond donors (Lipinski definition) is 2. The van der Waals surface area contributed by atoms with Crippen molar-refractivity contribution in [2.75, 3.05) is 12.3 Å². The number of pyridine rings is 1. The van der Waals surface area contributed by atoms with Gasteiger partial charge in [0.2, 0.25) is 0 Å². The Morgan fingerprint density at radius 1 is 1.53 bits per heavy atom. The van der Waals surface area contributed by atoms with E-state index in [0.717, 1.165) is 0 Å². The molecule has 1 heterocycles. The molecule has 1 unspecified atom stereocenters. The third kappa shape index (κ3) is 4.06. The van der Waals surface area contributed by atoms with Crippen LogP contribution < -0.4 is 11.1 Å². The van der Waals surface area contributed by atoms with Crippen LogP contribution in [0.3, 0.4) is 0 Å². The Morgan fingerprint density at radius 2 is 2.18 bits per heavy atom. The second kappa shape index (κ2) is 5.17. The number of nitrogen functional groups attached to an aromatic ring is 1. The molecule has 1 aromatic heterocycles. The summed E-state index contributed by atoms with van der Waals surface area (Å²) in [6.07, 6.45) is 1.54. The Hall–Kier alpha value is -1.58. The number of anilines is 1. The fourth-order valence-corrected chi connectivity index (χ4v) is 1.21. The number of nitrogens with one attached hydrogen (secondary N) is 1. The quantitative estimate of drug-likeness (QED) is 0.842. The van der Waals surface area contributed by atoms with E-state index in [1.54, 1.807) is 12.1 Å². The second-order valence-electron chi connectivity index (χ2n) is 5.45. The van der Waals surface area contributed by atoms with E-state index in [-0.39, 0.29) is 11.3 Å². The fourth-order valence-electron chi connectivity index (χ4n) is 1.21. The molecule has 3 N–H and O–H groups in total.